The number of hydrogen-bond donors (Lipinski definition) is 2. The number of anilines is 2. The first-order chi connectivity index (χ1) is 16.3. The molecule has 4 rings (SSSR count). The van der Waals surface area contributed by atoms with Gasteiger partial charge in [-0.25, -0.2) is 0 Å². The Hall–Kier alpha value is -4.19. The SMILES string of the molecule is CC(=O)Nc1ccc(C2=C(Nc3cccc(C)c3C)C(=O)N(CCc3ccccc3)C2=O)cc1. The molecule has 0 spiro atoms. The van der Waals surface area contributed by atoms with Crippen LogP contribution in [0.5, 0.6) is 0 Å². The van der Waals surface area contributed by atoms with E-state index in [1.165, 1.54) is 11.8 Å². The number of hydrogen-bond acceptors (Lipinski definition) is 4. The third-order valence-corrected chi connectivity index (χ3v) is 5.99. The lowest BCUT2D eigenvalue weighted by atomic mass is 10.0. The largest absolute Gasteiger partial charge is 0.350 e. The minimum Gasteiger partial charge on any atom is -0.350 e. The highest BCUT2D eigenvalue weighted by Crippen LogP contribution is 2.32. The van der Waals surface area contributed by atoms with Gasteiger partial charge in [0.25, 0.3) is 11.8 Å². The molecular weight excluding hydrogens is 426 g/mol. The minimum atomic E-state index is -0.345. The van der Waals surface area contributed by atoms with Gasteiger partial charge < -0.3 is 10.6 Å². The molecule has 1 aliphatic heterocycles. The number of nitrogens with zero attached hydrogens (tertiary/aromatic N) is 1. The summed E-state index contributed by atoms with van der Waals surface area (Å²) in [5.41, 5.74) is 5.77. The first-order valence-corrected chi connectivity index (χ1v) is 11.2. The maximum absolute atomic E-state index is 13.5. The van der Waals surface area contributed by atoms with E-state index in [4.69, 9.17) is 0 Å². The fraction of sp³-hybridized carbons (Fsp3) is 0.179. The molecule has 0 bridgehead atoms. The van der Waals surface area contributed by atoms with Crippen molar-refractivity contribution in [2.45, 2.75) is 27.2 Å². The molecule has 0 unspecified atom stereocenters. The molecule has 172 valence electrons. The minimum absolute atomic E-state index is 0.177. The summed E-state index contributed by atoms with van der Waals surface area (Å²) in [7, 11) is 0. The third kappa shape index (κ3) is 4.76. The van der Waals surface area contributed by atoms with E-state index in [2.05, 4.69) is 10.6 Å². The molecule has 0 atom stereocenters. The van der Waals surface area contributed by atoms with Gasteiger partial charge in [-0.1, -0.05) is 54.6 Å². The van der Waals surface area contributed by atoms with Crippen LogP contribution in [-0.4, -0.2) is 29.2 Å². The molecule has 6 heteroatoms. The van der Waals surface area contributed by atoms with Crippen LogP contribution < -0.4 is 10.6 Å². The van der Waals surface area contributed by atoms with Crippen LogP contribution in [0.25, 0.3) is 5.57 Å². The van der Waals surface area contributed by atoms with Gasteiger partial charge in [0.15, 0.2) is 0 Å². The predicted molar refractivity (Wildman–Crippen MR) is 134 cm³/mol. The Morgan fingerprint density at radius 1 is 0.853 bits per heavy atom. The number of imide groups is 1. The highest BCUT2D eigenvalue weighted by atomic mass is 16.2. The van der Waals surface area contributed by atoms with E-state index < -0.39 is 0 Å². The Bertz CT molecular complexity index is 1280. The number of carbonyl (C=O) groups is 3. The van der Waals surface area contributed by atoms with E-state index >= 15 is 0 Å². The van der Waals surface area contributed by atoms with E-state index in [9.17, 15) is 14.4 Å². The molecule has 34 heavy (non-hydrogen) atoms. The summed E-state index contributed by atoms with van der Waals surface area (Å²) >= 11 is 0. The molecule has 0 aromatic heterocycles. The molecular formula is C28H27N3O3. The lowest BCUT2D eigenvalue weighted by molar-refractivity contribution is -0.136. The van der Waals surface area contributed by atoms with Gasteiger partial charge in [-0.2, -0.15) is 0 Å². The number of benzene rings is 3. The lowest BCUT2D eigenvalue weighted by Crippen LogP contribution is -2.34. The molecule has 0 aliphatic carbocycles. The van der Waals surface area contributed by atoms with E-state index in [0.29, 0.717) is 23.2 Å². The van der Waals surface area contributed by atoms with Crippen molar-refractivity contribution in [2.75, 3.05) is 17.2 Å². The maximum atomic E-state index is 13.5. The summed E-state index contributed by atoms with van der Waals surface area (Å²) in [4.78, 5) is 39.6. The molecule has 3 aromatic carbocycles. The second-order valence-electron chi connectivity index (χ2n) is 8.38. The zero-order valence-corrected chi connectivity index (χ0v) is 19.5. The lowest BCUT2D eigenvalue weighted by Gasteiger charge is -2.16. The smallest absolute Gasteiger partial charge is 0.278 e. The van der Waals surface area contributed by atoms with Crippen LogP contribution in [0.3, 0.4) is 0 Å². The highest BCUT2D eigenvalue weighted by molar-refractivity contribution is 6.36. The summed E-state index contributed by atoms with van der Waals surface area (Å²) in [6.45, 7) is 5.71. The van der Waals surface area contributed by atoms with E-state index in [1.807, 2.05) is 62.4 Å². The van der Waals surface area contributed by atoms with Crippen LogP contribution in [0.1, 0.15) is 29.2 Å². The van der Waals surface area contributed by atoms with Crippen molar-refractivity contribution in [3.63, 3.8) is 0 Å². The van der Waals surface area contributed by atoms with Crippen molar-refractivity contribution in [3.05, 3.63) is 101 Å². The zero-order valence-electron chi connectivity index (χ0n) is 19.5. The van der Waals surface area contributed by atoms with Crippen molar-refractivity contribution in [2.24, 2.45) is 0 Å². The number of amides is 3. The van der Waals surface area contributed by atoms with Crippen molar-refractivity contribution < 1.29 is 14.4 Å². The zero-order chi connectivity index (χ0) is 24.2. The Morgan fingerprint density at radius 2 is 1.56 bits per heavy atom. The number of nitrogens with one attached hydrogen (secondary N) is 2. The molecule has 0 radical (unpaired) electrons. The monoisotopic (exact) mass is 453 g/mol. The predicted octanol–water partition coefficient (Wildman–Crippen LogP) is 4.70. The fourth-order valence-corrected chi connectivity index (χ4v) is 3.99. The topological polar surface area (TPSA) is 78.5 Å². The average Bonchev–Trinajstić information content (AvgIpc) is 3.05. The molecule has 0 fully saturated rings. The van der Waals surface area contributed by atoms with Gasteiger partial charge in [0.1, 0.15) is 5.70 Å². The maximum Gasteiger partial charge on any atom is 0.278 e. The van der Waals surface area contributed by atoms with Gasteiger partial charge >= 0.3 is 0 Å². The van der Waals surface area contributed by atoms with Crippen molar-refractivity contribution in [1.29, 1.82) is 0 Å². The van der Waals surface area contributed by atoms with Crippen LogP contribution in [0.15, 0.2) is 78.5 Å². The molecule has 0 saturated carbocycles. The van der Waals surface area contributed by atoms with Gasteiger partial charge in [-0.15, -0.1) is 0 Å². The summed E-state index contributed by atoms with van der Waals surface area (Å²) in [5.74, 6) is -0.854. The van der Waals surface area contributed by atoms with Crippen LogP contribution in [0, 0.1) is 13.8 Å². The summed E-state index contributed by atoms with van der Waals surface area (Å²) in [6.07, 6.45) is 0.573. The van der Waals surface area contributed by atoms with Gasteiger partial charge in [-0.05, 0) is 60.7 Å². The molecule has 1 heterocycles. The number of aryl methyl sites for hydroxylation is 1. The third-order valence-electron chi connectivity index (χ3n) is 5.99. The molecule has 1 aliphatic rings. The normalized spacial score (nSPS) is 13.4. The molecule has 3 aromatic rings. The van der Waals surface area contributed by atoms with E-state index in [-0.39, 0.29) is 30.0 Å². The molecule has 6 nitrogen and oxygen atoms in total. The van der Waals surface area contributed by atoms with Crippen LogP contribution in [0.4, 0.5) is 11.4 Å². The Labute approximate surface area is 199 Å². The van der Waals surface area contributed by atoms with Crippen LogP contribution in [-0.2, 0) is 20.8 Å². The van der Waals surface area contributed by atoms with Crippen LogP contribution >= 0.6 is 0 Å². The van der Waals surface area contributed by atoms with E-state index in [0.717, 1.165) is 22.4 Å². The molecule has 3 amide bonds. The summed E-state index contributed by atoms with van der Waals surface area (Å²) < 4.78 is 0. The Kier molecular flexibility index (Phi) is 6.59. The summed E-state index contributed by atoms with van der Waals surface area (Å²) in [6, 6.07) is 22.6. The summed E-state index contributed by atoms with van der Waals surface area (Å²) in [5, 5.41) is 5.97. The number of rotatable bonds is 7. The van der Waals surface area contributed by atoms with E-state index in [1.54, 1.807) is 24.3 Å². The molecule has 2 N–H and O–H groups in total. The first kappa shape index (κ1) is 23.0. The van der Waals surface area contributed by atoms with Gasteiger partial charge in [0.2, 0.25) is 5.91 Å². The number of carbonyl (C=O) groups excluding carboxylic acids is 3. The van der Waals surface area contributed by atoms with Gasteiger partial charge in [0, 0.05) is 24.8 Å². The van der Waals surface area contributed by atoms with Gasteiger partial charge in [0.05, 0.1) is 5.57 Å². The Morgan fingerprint density at radius 3 is 2.24 bits per heavy atom. The van der Waals surface area contributed by atoms with Crippen molar-refractivity contribution in [3.8, 4) is 0 Å². The standard InChI is InChI=1S/C28H27N3O3/c1-18-8-7-11-24(19(18)2)30-26-25(22-12-14-23(15-13-22)29-20(3)32)27(33)31(28(26)34)17-16-21-9-5-4-6-10-21/h4-15,30H,16-17H2,1-3H3,(H,29,32). The quantitative estimate of drug-likeness (QED) is 0.509. The van der Waals surface area contributed by atoms with Crippen molar-refractivity contribution >= 4 is 34.7 Å². The second kappa shape index (κ2) is 9.75. The average molecular weight is 454 g/mol. The fourth-order valence-electron chi connectivity index (χ4n) is 3.99. The van der Waals surface area contributed by atoms with Crippen LogP contribution in [0.2, 0.25) is 0 Å². The Balaban J connectivity index is 1.69. The van der Waals surface area contributed by atoms with Gasteiger partial charge in [-0.3, -0.25) is 19.3 Å². The molecule has 0 saturated heterocycles. The van der Waals surface area contributed by atoms with Crippen molar-refractivity contribution in [1.82, 2.24) is 4.90 Å². The highest BCUT2D eigenvalue weighted by Gasteiger charge is 2.39. The first-order valence-electron chi connectivity index (χ1n) is 11.2. The second-order valence-corrected chi connectivity index (χ2v) is 8.38.